The zero-order valence-electron chi connectivity index (χ0n) is 31.1. The van der Waals surface area contributed by atoms with E-state index in [1.165, 1.54) is 0 Å². The number of hydrogen-bond donors (Lipinski definition) is 0. The largest absolute Gasteiger partial charge is 0.455 e. The van der Waals surface area contributed by atoms with E-state index in [-0.39, 0.29) is 29.7 Å². The van der Waals surface area contributed by atoms with Gasteiger partial charge >= 0.3 is 0 Å². The van der Waals surface area contributed by atoms with Crippen LogP contribution in [-0.2, 0) is 0 Å². The maximum absolute atomic E-state index is 8.33. The van der Waals surface area contributed by atoms with Crippen LogP contribution in [0.2, 0.25) is 0 Å². The van der Waals surface area contributed by atoms with Crippen LogP contribution in [0.25, 0.3) is 89.5 Å². The molecular weight excluding hydrogens is 599 g/mol. The number of hydrogen-bond acceptors (Lipinski definition) is 4. The molecule has 0 amide bonds. The predicted octanol–water partition coefficient (Wildman–Crippen LogP) is 11.8. The molecular formula is C45H29N3O. The second kappa shape index (κ2) is 12.2. The van der Waals surface area contributed by atoms with Gasteiger partial charge in [-0.3, -0.25) is 0 Å². The molecule has 4 heteroatoms. The average Bonchev–Trinajstić information content (AvgIpc) is 3.61. The highest BCUT2D eigenvalue weighted by molar-refractivity contribution is 6.10. The van der Waals surface area contributed by atoms with E-state index in [9.17, 15) is 0 Å². The van der Waals surface area contributed by atoms with Crippen molar-refractivity contribution in [3.63, 3.8) is 0 Å². The molecule has 7 aromatic carbocycles. The van der Waals surface area contributed by atoms with Gasteiger partial charge in [0.05, 0.1) is 6.85 Å². The van der Waals surface area contributed by atoms with E-state index in [1.54, 1.807) is 12.1 Å². The molecule has 0 aliphatic heterocycles. The third-order valence-corrected chi connectivity index (χ3v) is 8.66. The summed E-state index contributed by atoms with van der Waals surface area (Å²) < 4.78 is 47.2. The van der Waals surface area contributed by atoms with Crippen molar-refractivity contribution in [2.24, 2.45) is 0 Å². The van der Waals surface area contributed by atoms with Gasteiger partial charge in [0.2, 0.25) is 0 Å². The van der Waals surface area contributed by atoms with E-state index in [1.807, 2.05) is 103 Å². The molecule has 0 fully saturated rings. The standard InChI is InChI=1S/C45H29N3O/c1-4-11-30(12-5-1)31-19-21-32(22-20-31)33-23-25-34(26-24-33)38-17-10-18-40-39-28-27-37(29-41(39)49-42(38)40)45-47-43(35-13-6-2-7-14-35)46-44(48-45)36-15-8-3-9-16-36/h1-29H/i1D,4D,5D,11D,12D. The van der Waals surface area contributed by atoms with Gasteiger partial charge in [-0.05, 0) is 39.9 Å². The molecule has 0 N–H and O–H groups in total. The third-order valence-electron chi connectivity index (χ3n) is 8.66. The molecule has 0 saturated heterocycles. The van der Waals surface area contributed by atoms with Gasteiger partial charge in [0, 0.05) is 33.0 Å². The van der Waals surface area contributed by atoms with Crippen LogP contribution in [0.15, 0.2) is 180 Å². The zero-order chi connectivity index (χ0) is 36.9. The summed E-state index contributed by atoms with van der Waals surface area (Å²) in [4.78, 5) is 14.6. The van der Waals surface area contributed by atoms with E-state index in [4.69, 9.17) is 26.2 Å². The zero-order valence-corrected chi connectivity index (χ0v) is 26.1. The SMILES string of the molecule is [2H]c1c([2H])c([2H])c(-c2ccc(-c3ccc(-c4cccc5c4oc4cc(-c6nc(-c7ccccc7)nc(-c7ccccc7)n6)ccc45)cc3)cc2)c([2H])c1[2H]. The molecule has 0 radical (unpaired) electrons. The van der Waals surface area contributed by atoms with E-state index in [2.05, 4.69) is 30.3 Å². The first-order valence-corrected chi connectivity index (χ1v) is 15.9. The Kier molecular flexibility index (Phi) is 5.87. The Bertz CT molecular complexity index is 2770. The Morgan fingerprint density at radius 3 is 1.49 bits per heavy atom. The summed E-state index contributed by atoms with van der Waals surface area (Å²) in [7, 11) is 0. The summed E-state index contributed by atoms with van der Waals surface area (Å²) in [6, 6.07) is 46.2. The minimum atomic E-state index is -0.400. The summed E-state index contributed by atoms with van der Waals surface area (Å²) in [6.45, 7) is 0. The number of para-hydroxylation sites is 1. The van der Waals surface area contributed by atoms with Crippen LogP contribution in [0.4, 0.5) is 0 Å². The first-order chi connectivity index (χ1) is 26.3. The number of furan rings is 1. The summed E-state index contributed by atoms with van der Waals surface area (Å²) in [6.07, 6.45) is 0. The van der Waals surface area contributed by atoms with Crippen molar-refractivity contribution in [1.82, 2.24) is 15.0 Å². The van der Waals surface area contributed by atoms with Crippen LogP contribution in [0.1, 0.15) is 6.85 Å². The van der Waals surface area contributed by atoms with Gasteiger partial charge in [0.25, 0.3) is 0 Å². The lowest BCUT2D eigenvalue weighted by molar-refractivity contribution is 0.670. The number of benzene rings is 7. The molecule has 2 aromatic heterocycles. The lowest BCUT2D eigenvalue weighted by Crippen LogP contribution is -2.00. The second-order valence-corrected chi connectivity index (χ2v) is 11.7. The number of rotatable bonds is 6. The molecule has 230 valence electrons. The van der Waals surface area contributed by atoms with Gasteiger partial charge in [-0.25, -0.2) is 15.0 Å². The smallest absolute Gasteiger partial charge is 0.164 e. The van der Waals surface area contributed by atoms with Gasteiger partial charge in [0.1, 0.15) is 11.2 Å². The van der Waals surface area contributed by atoms with Crippen LogP contribution >= 0.6 is 0 Å². The minimum absolute atomic E-state index is 0.191. The lowest BCUT2D eigenvalue weighted by atomic mass is 9.97. The van der Waals surface area contributed by atoms with Gasteiger partial charge in [-0.1, -0.05) is 164 Å². The minimum Gasteiger partial charge on any atom is -0.455 e. The lowest BCUT2D eigenvalue weighted by Gasteiger charge is -2.08. The van der Waals surface area contributed by atoms with Gasteiger partial charge < -0.3 is 4.42 Å². The molecule has 0 unspecified atom stereocenters. The van der Waals surface area contributed by atoms with Crippen LogP contribution in [-0.4, -0.2) is 15.0 Å². The molecule has 0 atom stereocenters. The van der Waals surface area contributed by atoms with Crippen molar-refractivity contribution in [1.29, 1.82) is 0 Å². The first kappa shape index (κ1) is 23.6. The van der Waals surface area contributed by atoms with Crippen molar-refractivity contribution < 1.29 is 11.3 Å². The summed E-state index contributed by atoms with van der Waals surface area (Å²) in [5.41, 5.74) is 8.79. The molecule has 4 nitrogen and oxygen atoms in total. The van der Waals surface area contributed by atoms with Crippen molar-refractivity contribution in [3.8, 4) is 67.5 Å². The fourth-order valence-corrected chi connectivity index (χ4v) is 6.17. The van der Waals surface area contributed by atoms with Crippen LogP contribution in [0.5, 0.6) is 0 Å². The number of fused-ring (bicyclic) bond motifs is 3. The van der Waals surface area contributed by atoms with E-state index >= 15 is 0 Å². The first-order valence-electron chi connectivity index (χ1n) is 18.4. The fourth-order valence-electron chi connectivity index (χ4n) is 6.17. The fraction of sp³-hybridized carbons (Fsp3) is 0. The van der Waals surface area contributed by atoms with Gasteiger partial charge in [-0.2, -0.15) is 0 Å². The Hall–Kier alpha value is -6.65. The number of nitrogens with zero attached hydrogens (tertiary/aromatic N) is 3. The molecule has 49 heavy (non-hydrogen) atoms. The maximum Gasteiger partial charge on any atom is 0.164 e. The van der Waals surface area contributed by atoms with Crippen LogP contribution < -0.4 is 0 Å². The normalized spacial score (nSPS) is 12.7. The van der Waals surface area contributed by atoms with Crippen molar-refractivity contribution in [3.05, 3.63) is 176 Å². The Morgan fingerprint density at radius 1 is 0.388 bits per heavy atom. The Morgan fingerprint density at radius 2 is 0.898 bits per heavy atom. The van der Waals surface area contributed by atoms with Crippen molar-refractivity contribution in [2.45, 2.75) is 0 Å². The molecule has 9 aromatic rings. The summed E-state index contributed by atoms with van der Waals surface area (Å²) in [5, 5.41) is 2.00. The highest BCUT2D eigenvalue weighted by atomic mass is 16.3. The Balaban J connectivity index is 1.05. The van der Waals surface area contributed by atoms with Gasteiger partial charge in [0.15, 0.2) is 17.5 Å². The van der Waals surface area contributed by atoms with Crippen LogP contribution in [0, 0.1) is 0 Å². The molecule has 9 rings (SSSR count). The summed E-state index contributed by atoms with van der Waals surface area (Å²) in [5.74, 6) is 1.75. The van der Waals surface area contributed by atoms with E-state index in [0.717, 1.165) is 60.9 Å². The molecule has 0 saturated carbocycles. The van der Waals surface area contributed by atoms with Crippen molar-refractivity contribution in [2.75, 3.05) is 0 Å². The summed E-state index contributed by atoms with van der Waals surface area (Å²) >= 11 is 0. The molecule has 0 aliphatic carbocycles. The molecule has 2 heterocycles. The van der Waals surface area contributed by atoms with Crippen LogP contribution in [0.3, 0.4) is 0 Å². The maximum atomic E-state index is 8.33. The monoisotopic (exact) mass is 632 g/mol. The molecule has 0 spiro atoms. The predicted molar refractivity (Wildman–Crippen MR) is 200 cm³/mol. The topological polar surface area (TPSA) is 51.8 Å². The second-order valence-electron chi connectivity index (χ2n) is 11.7. The van der Waals surface area contributed by atoms with E-state index < -0.39 is 6.04 Å². The Labute approximate surface area is 291 Å². The van der Waals surface area contributed by atoms with Gasteiger partial charge in [-0.15, -0.1) is 0 Å². The average molecular weight is 633 g/mol. The highest BCUT2D eigenvalue weighted by Crippen LogP contribution is 2.38. The molecule has 0 aliphatic rings. The third kappa shape index (κ3) is 5.45. The number of aromatic nitrogens is 3. The molecule has 0 bridgehead atoms. The van der Waals surface area contributed by atoms with E-state index in [0.29, 0.717) is 23.0 Å². The van der Waals surface area contributed by atoms with Crippen molar-refractivity contribution >= 4 is 21.9 Å². The quantitative estimate of drug-likeness (QED) is 0.183. The highest BCUT2D eigenvalue weighted by Gasteiger charge is 2.16.